The van der Waals surface area contributed by atoms with Gasteiger partial charge in [-0.1, -0.05) is 27.5 Å². The molecule has 0 aliphatic carbocycles. The van der Waals surface area contributed by atoms with Crippen LogP contribution in [0.2, 0.25) is 5.02 Å². The van der Waals surface area contributed by atoms with Crippen LogP contribution < -0.4 is 0 Å². The monoisotopic (exact) mass is 278 g/mol. The Kier molecular flexibility index (Phi) is 3.77. The quantitative estimate of drug-likeness (QED) is 0.814. The second-order valence-electron chi connectivity index (χ2n) is 2.65. The van der Waals surface area contributed by atoms with Crippen molar-refractivity contribution >= 4 is 44.7 Å². The van der Waals surface area contributed by atoms with E-state index in [1.165, 1.54) is 0 Å². The fourth-order valence-corrected chi connectivity index (χ4v) is 0.964. The van der Waals surface area contributed by atoms with Crippen LogP contribution in [-0.2, 0) is 4.79 Å². The molecule has 0 amide bonds. The Hall–Kier alpha value is -0.740. The van der Waals surface area contributed by atoms with E-state index in [1.54, 1.807) is 13.0 Å². The summed E-state index contributed by atoms with van der Waals surface area (Å²) in [5.41, 5.74) is 1.63. The fourth-order valence-electron chi connectivity index (χ4n) is 0.755. The zero-order valence-electron chi connectivity index (χ0n) is 7.33. The number of alkyl halides is 1. The summed E-state index contributed by atoms with van der Waals surface area (Å²) in [5.74, 6) is -0.824. The Morgan fingerprint density at radius 3 is 2.36 bits per heavy atom. The van der Waals surface area contributed by atoms with Crippen molar-refractivity contribution in [1.82, 2.24) is 0 Å². The lowest BCUT2D eigenvalue weighted by Crippen LogP contribution is -2.06. The van der Waals surface area contributed by atoms with Crippen molar-refractivity contribution in [3.05, 3.63) is 23.2 Å². The number of hydrogen-bond donors (Lipinski definition) is 1. The number of carboxylic acid groups (broad SMARTS) is 1. The molecule has 0 aliphatic heterocycles. The SMILES string of the molecule is CC(Br)C(=O)O.Clc1cc2ccc1o2. The summed E-state index contributed by atoms with van der Waals surface area (Å²) < 4.78 is 5.08. The van der Waals surface area contributed by atoms with Crippen LogP contribution in [0.3, 0.4) is 0 Å². The number of aliphatic carboxylic acids is 1. The zero-order chi connectivity index (χ0) is 10.7. The van der Waals surface area contributed by atoms with Crippen LogP contribution in [0.4, 0.5) is 0 Å². The lowest BCUT2D eigenvalue weighted by molar-refractivity contribution is -0.135. The molecule has 76 valence electrons. The van der Waals surface area contributed by atoms with Crippen LogP contribution in [0.15, 0.2) is 22.6 Å². The Bertz CT molecular complexity index is 410. The molecule has 0 saturated heterocycles. The number of hydrogen-bond acceptors (Lipinski definition) is 2. The number of halogens is 2. The molecule has 2 bridgehead atoms. The van der Waals surface area contributed by atoms with Crippen LogP contribution in [0.5, 0.6) is 0 Å². The summed E-state index contributed by atoms with van der Waals surface area (Å²) in [6.07, 6.45) is 0. The minimum atomic E-state index is -0.824. The summed E-state index contributed by atoms with van der Waals surface area (Å²) >= 11 is 8.47. The minimum absolute atomic E-state index is 0.419. The molecule has 2 aromatic rings. The van der Waals surface area contributed by atoms with E-state index in [0.29, 0.717) is 5.02 Å². The van der Waals surface area contributed by atoms with Crippen LogP contribution in [0.25, 0.3) is 11.2 Å². The zero-order valence-corrected chi connectivity index (χ0v) is 9.67. The molecule has 1 N–H and O–H groups in total. The van der Waals surface area contributed by atoms with Gasteiger partial charge in [0, 0.05) is 6.07 Å². The Morgan fingerprint density at radius 1 is 1.64 bits per heavy atom. The predicted molar refractivity (Wildman–Crippen MR) is 58.4 cm³/mol. The van der Waals surface area contributed by atoms with Gasteiger partial charge in [-0.15, -0.1) is 0 Å². The Morgan fingerprint density at radius 2 is 2.21 bits per heavy atom. The normalized spacial score (nSPS) is 12.2. The lowest BCUT2D eigenvalue weighted by atomic mass is 10.4. The van der Waals surface area contributed by atoms with E-state index in [0.717, 1.165) is 11.2 Å². The van der Waals surface area contributed by atoms with Gasteiger partial charge in [0.15, 0.2) is 0 Å². The highest BCUT2D eigenvalue weighted by Crippen LogP contribution is 2.25. The van der Waals surface area contributed by atoms with Gasteiger partial charge in [-0.25, -0.2) is 0 Å². The molecule has 2 rings (SSSR count). The number of furan rings is 2. The van der Waals surface area contributed by atoms with Crippen LogP contribution in [0, 0.1) is 0 Å². The van der Waals surface area contributed by atoms with E-state index in [9.17, 15) is 4.79 Å². The van der Waals surface area contributed by atoms with E-state index < -0.39 is 10.8 Å². The number of carbonyl (C=O) groups is 1. The lowest BCUT2D eigenvalue weighted by Gasteiger charge is -1.87. The van der Waals surface area contributed by atoms with E-state index >= 15 is 0 Å². The number of rotatable bonds is 1. The standard InChI is InChI=1S/C6H3ClO.C3H5BrO2/c7-5-3-4-1-2-6(5)8-4;1-2(4)3(5)6/h1-3H;2H,1H3,(H,5,6). The summed E-state index contributed by atoms with van der Waals surface area (Å²) in [6, 6.07) is 5.55. The van der Waals surface area contributed by atoms with E-state index in [4.69, 9.17) is 21.1 Å². The maximum atomic E-state index is 9.65. The molecule has 0 aliphatic rings. The van der Waals surface area contributed by atoms with Gasteiger partial charge >= 0.3 is 5.97 Å². The Balaban J connectivity index is 0.000000149. The van der Waals surface area contributed by atoms with Crippen molar-refractivity contribution in [1.29, 1.82) is 0 Å². The van der Waals surface area contributed by atoms with E-state index in [-0.39, 0.29) is 0 Å². The molecule has 0 aromatic carbocycles. The van der Waals surface area contributed by atoms with Crippen molar-refractivity contribution < 1.29 is 14.3 Å². The first-order valence-electron chi connectivity index (χ1n) is 3.85. The maximum Gasteiger partial charge on any atom is 0.316 e. The first-order valence-corrected chi connectivity index (χ1v) is 5.14. The topological polar surface area (TPSA) is 50.4 Å². The van der Waals surface area contributed by atoms with Crippen molar-refractivity contribution in [2.75, 3.05) is 0 Å². The molecule has 0 radical (unpaired) electrons. The highest BCUT2D eigenvalue weighted by molar-refractivity contribution is 9.10. The van der Waals surface area contributed by atoms with Crippen LogP contribution in [-0.4, -0.2) is 15.9 Å². The largest absolute Gasteiger partial charge is 0.480 e. The summed E-state index contributed by atoms with van der Waals surface area (Å²) in [7, 11) is 0. The van der Waals surface area contributed by atoms with Crippen molar-refractivity contribution in [3.63, 3.8) is 0 Å². The molecule has 0 saturated carbocycles. The molecular weight excluding hydrogens is 271 g/mol. The molecule has 14 heavy (non-hydrogen) atoms. The van der Waals surface area contributed by atoms with Gasteiger partial charge < -0.3 is 9.52 Å². The molecule has 2 aromatic heterocycles. The van der Waals surface area contributed by atoms with Crippen molar-refractivity contribution in [3.8, 4) is 0 Å². The van der Waals surface area contributed by atoms with Crippen molar-refractivity contribution in [2.24, 2.45) is 0 Å². The first kappa shape index (κ1) is 11.3. The van der Waals surface area contributed by atoms with Crippen LogP contribution >= 0.6 is 27.5 Å². The first-order chi connectivity index (χ1) is 6.50. The molecule has 1 atom stereocenters. The molecular formula is C9H8BrClO3. The van der Waals surface area contributed by atoms with Gasteiger partial charge in [0.2, 0.25) is 0 Å². The second-order valence-corrected chi connectivity index (χ2v) is 4.43. The summed E-state index contributed by atoms with van der Waals surface area (Å²) in [6.45, 7) is 1.56. The third-order valence-corrected chi connectivity index (χ3v) is 2.16. The average Bonchev–Trinajstić information content (AvgIpc) is 2.65. The molecule has 2 heterocycles. The number of benzene rings is 1. The van der Waals surface area contributed by atoms with Gasteiger partial charge in [-0.3, -0.25) is 4.79 Å². The van der Waals surface area contributed by atoms with Crippen molar-refractivity contribution in [2.45, 2.75) is 11.8 Å². The third kappa shape index (κ3) is 2.89. The van der Waals surface area contributed by atoms with Gasteiger partial charge in [0.1, 0.15) is 16.0 Å². The van der Waals surface area contributed by atoms with Gasteiger partial charge in [-0.05, 0) is 19.1 Å². The molecule has 3 nitrogen and oxygen atoms in total. The molecule has 1 unspecified atom stereocenters. The van der Waals surface area contributed by atoms with Crippen LogP contribution in [0.1, 0.15) is 6.92 Å². The smallest absolute Gasteiger partial charge is 0.316 e. The van der Waals surface area contributed by atoms with Gasteiger partial charge in [0.05, 0.1) is 5.02 Å². The molecule has 5 heteroatoms. The fraction of sp³-hybridized carbons (Fsp3) is 0.222. The minimum Gasteiger partial charge on any atom is -0.480 e. The number of fused-ring (bicyclic) bond motifs is 2. The summed E-state index contributed by atoms with van der Waals surface area (Å²) in [4.78, 5) is 9.23. The second kappa shape index (κ2) is 4.66. The third-order valence-electron chi connectivity index (χ3n) is 1.47. The van der Waals surface area contributed by atoms with Gasteiger partial charge in [-0.2, -0.15) is 0 Å². The Labute approximate surface area is 94.1 Å². The predicted octanol–water partition coefficient (Wildman–Crippen LogP) is 3.38. The van der Waals surface area contributed by atoms with Gasteiger partial charge in [0.25, 0.3) is 0 Å². The van der Waals surface area contributed by atoms with E-state index in [2.05, 4.69) is 15.9 Å². The van der Waals surface area contributed by atoms with E-state index in [1.807, 2.05) is 12.1 Å². The highest BCUT2D eigenvalue weighted by Gasteiger charge is 2.02. The molecule has 0 fully saturated rings. The summed E-state index contributed by atoms with van der Waals surface area (Å²) in [5, 5.41) is 8.65. The average molecular weight is 280 g/mol. The molecule has 0 spiro atoms. The highest BCUT2D eigenvalue weighted by atomic mass is 79.9. The number of carboxylic acids is 1. The maximum absolute atomic E-state index is 9.65.